The van der Waals surface area contributed by atoms with Crippen LogP contribution in [0.4, 0.5) is 0 Å². The van der Waals surface area contributed by atoms with Crippen molar-refractivity contribution in [2.24, 2.45) is 0 Å². The highest BCUT2D eigenvalue weighted by Gasteiger charge is 2.16. The van der Waals surface area contributed by atoms with Crippen molar-refractivity contribution in [2.75, 3.05) is 26.2 Å². The minimum Gasteiger partial charge on any atom is -0.493 e. The molecule has 1 atom stereocenters. The van der Waals surface area contributed by atoms with Crippen LogP contribution < -0.4 is 14.8 Å². The average Bonchev–Trinajstić information content (AvgIpc) is 2.46. The van der Waals surface area contributed by atoms with Gasteiger partial charge in [0.25, 0.3) is 0 Å². The molecule has 2 N–H and O–H groups in total. The average molecular weight is 299 g/mol. The van der Waals surface area contributed by atoms with Gasteiger partial charge in [-0.3, -0.25) is 4.79 Å². The van der Waals surface area contributed by atoms with Gasteiger partial charge in [0.15, 0.2) is 11.5 Å². The Kier molecular flexibility index (Phi) is 7.25. The molecule has 0 heterocycles. The van der Waals surface area contributed by atoms with E-state index >= 15 is 0 Å². The molecule has 1 unspecified atom stereocenters. The van der Waals surface area contributed by atoms with Gasteiger partial charge in [0.2, 0.25) is 0 Å². The molecule has 6 heteroatoms. The summed E-state index contributed by atoms with van der Waals surface area (Å²) in [6.07, 6.45) is 2.57. The molecule has 1 rings (SSSR count). The molecular weight excluding hydrogens is 278 g/mol. The first-order valence-corrected chi connectivity index (χ1v) is 7.67. The van der Waals surface area contributed by atoms with Gasteiger partial charge in [0.05, 0.1) is 14.2 Å². The molecule has 20 heavy (non-hydrogen) atoms. The molecule has 0 saturated carbocycles. The normalized spacial score (nSPS) is 11.9. The van der Waals surface area contributed by atoms with E-state index < -0.39 is 12.0 Å². The number of rotatable bonds is 9. The zero-order valence-corrected chi connectivity index (χ0v) is 12.8. The van der Waals surface area contributed by atoms with Crippen LogP contribution in [-0.2, 0) is 11.3 Å². The summed E-state index contributed by atoms with van der Waals surface area (Å²) in [7, 11) is 3.16. The molecule has 1 aromatic rings. The SMILES string of the molecule is COc1ccc(CNC(CCSC)C(=O)O)cc1OC. The van der Waals surface area contributed by atoms with E-state index in [2.05, 4.69) is 5.32 Å². The zero-order valence-electron chi connectivity index (χ0n) is 12.0. The van der Waals surface area contributed by atoms with Gasteiger partial charge >= 0.3 is 5.97 Å². The van der Waals surface area contributed by atoms with Crippen LogP contribution in [0, 0.1) is 0 Å². The van der Waals surface area contributed by atoms with E-state index in [9.17, 15) is 4.79 Å². The van der Waals surface area contributed by atoms with E-state index in [1.807, 2.05) is 24.5 Å². The molecule has 0 bridgehead atoms. The number of aliphatic carboxylic acids is 1. The van der Waals surface area contributed by atoms with Crippen LogP contribution in [0.2, 0.25) is 0 Å². The largest absolute Gasteiger partial charge is 0.493 e. The lowest BCUT2D eigenvalue weighted by molar-refractivity contribution is -0.139. The van der Waals surface area contributed by atoms with E-state index in [0.29, 0.717) is 24.5 Å². The summed E-state index contributed by atoms with van der Waals surface area (Å²) in [6.45, 7) is 0.478. The number of carboxylic acids is 1. The number of benzene rings is 1. The van der Waals surface area contributed by atoms with Gasteiger partial charge in [-0.2, -0.15) is 11.8 Å². The minimum atomic E-state index is -0.820. The van der Waals surface area contributed by atoms with Crippen molar-refractivity contribution in [1.29, 1.82) is 0 Å². The number of hydrogen-bond donors (Lipinski definition) is 2. The molecule has 0 aromatic heterocycles. The van der Waals surface area contributed by atoms with E-state index in [-0.39, 0.29) is 0 Å². The zero-order chi connectivity index (χ0) is 15.0. The Labute approximate surface area is 123 Å². The fraction of sp³-hybridized carbons (Fsp3) is 0.500. The Morgan fingerprint density at radius 2 is 2.05 bits per heavy atom. The van der Waals surface area contributed by atoms with Crippen LogP contribution in [0.1, 0.15) is 12.0 Å². The molecule has 0 fully saturated rings. The fourth-order valence-electron chi connectivity index (χ4n) is 1.78. The van der Waals surface area contributed by atoms with Crippen LogP contribution in [-0.4, -0.2) is 43.3 Å². The smallest absolute Gasteiger partial charge is 0.320 e. The first-order chi connectivity index (χ1) is 9.62. The standard InChI is InChI=1S/C14H21NO4S/c1-18-12-5-4-10(8-13(12)19-2)9-15-11(14(16)17)6-7-20-3/h4-5,8,11,15H,6-7,9H2,1-3H3,(H,16,17). The first-order valence-electron chi connectivity index (χ1n) is 6.28. The second-order valence-corrected chi connectivity index (χ2v) is 5.23. The lowest BCUT2D eigenvalue weighted by Crippen LogP contribution is -2.36. The van der Waals surface area contributed by atoms with Crippen molar-refractivity contribution in [2.45, 2.75) is 19.0 Å². The maximum atomic E-state index is 11.1. The van der Waals surface area contributed by atoms with Gasteiger partial charge in [-0.05, 0) is 36.1 Å². The van der Waals surface area contributed by atoms with Gasteiger partial charge in [0, 0.05) is 6.54 Å². The van der Waals surface area contributed by atoms with Gasteiger partial charge in [-0.25, -0.2) is 0 Å². The Balaban J connectivity index is 2.65. The van der Waals surface area contributed by atoms with E-state index in [1.54, 1.807) is 26.0 Å². The third-order valence-corrected chi connectivity index (χ3v) is 3.55. The molecule has 0 aliphatic carbocycles. The molecule has 0 saturated heterocycles. The van der Waals surface area contributed by atoms with Crippen molar-refractivity contribution in [3.05, 3.63) is 23.8 Å². The van der Waals surface area contributed by atoms with Crippen molar-refractivity contribution in [1.82, 2.24) is 5.32 Å². The van der Waals surface area contributed by atoms with Crippen LogP contribution in [0.15, 0.2) is 18.2 Å². The second-order valence-electron chi connectivity index (χ2n) is 4.24. The number of hydrogen-bond acceptors (Lipinski definition) is 5. The predicted octanol–water partition coefficient (Wildman–Crippen LogP) is 2.00. The molecule has 0 amide bonds. The van der Waals surface area contributed by atoms with Gasteiger partial charge in [-0.15, -0.1) is 0 Å². The van der Waals surface area contributed by atoms with Gasteiger partial charge in [-0.1, -0.05) is 6.07 Å². The molecule has 0 radical (unpaired) electrons. The highest BCUT2D eigenvalue weighted by Crippen LogP contribution is 2.27. The number of ether oxygens (including phenoxy) is 2. The number of carboxylic acid groups (broad SMARTS) is 1. The monoisotopic (exact) mass is 299 g/mol. The van der Waals surface area contributed by atoms with Crippen molar-refractivity contribution < 1.29 is 19.4 Å². The summed E-state index contributed by atoms with van der Waals surface area (Å²) in [5.41, 5.74) is 0.957. The van der Waals surface area contributed by atoms with Gasteiger partial charge in [0.1, 0.15) is 6.04 Å². The maximum absolute atomic E-state index is 11.1. The third kappa shape index (κ3) is 4.94. The molecule has 0 spiro atoms. The van der Waals surface area contributed by atoms with Crippen LogP contribution >= 0.6 is 11.8 Å². The van der Waals surface area contributed by atoms with Crippen LogP contribution in [0.5, 0.6) is 11.5 Å². The first kappa shape index (κ1) is 16.7. The van der Waals surface area contributed by atoms with E-state index in [1.165, 1.54) is 0 Å². The predicted molar refractivity (Wildman–Crippen MR) is 80.8 cm³/mol. The summed E-state index contributed by atoms with van der Waals surface area (Å²) in [5.74, 6) is 1.30. The quantitative estimate of drug-likeness (QED) is 0.727. The molecule has 112 valence electrons. The molecule has 5 nitrogen and oxygen atoms in total. The van der Waals surface area contributed by atoms with Gasteiger partial charge < -0.3 is 19.9 Å². The highest BCUT2D eigenvalue weighted by molar-refractivity contribution is 7.98. The Morgan fingerprint density at radius 1 is 1.35 bits per heavy atom. The van der Waals surface area contributed by atoms with Crippen molar-refractivity contribution >= 4 is 17.7 Å². The minimum absolute atomic E-state index is 0.478. The number of thioether (sulfide) groups is 1. The molecule has 0 aliphatic rings. The lowest BCUT2D eigenvalue weighted by atomic mass is 10.1. The third-order valence-electron chi connectivity index (χ3n) is 2.91. The summed E-state index contributed by atoms with van der Waals surface area (Å²) in [4.78, 5) is 11.1. The number of methoxy groups -OCH3 is 2. The Morgan fingerprint density at radius 3 is 2.60 bits per heavy atom. The topological polar surface area (TPSA) is 67.8 Å². The lowest BCUT2D eigenvalue weighted by Gasteiger charge is -2.15. The molecule has 1 aromatic carbocycles. The summed E-state index contributed by atoms with van der Waals surface area (Å²) < 4.78 is 10.4. The van der Waals surface area contributed by atoms with E-state index in [4.69, 9.17) is 14.6 Å². The highest BCUT2D eigenvalue weighted by atomic mass is 32.2. The molecule has 0 aliphatic heterocycles. The Hall–Kier alpha value is -1.40. The second kappa shape index (κ2) is 8.71. The summed E-state index contributed by atoms with van der Waals surface area (Å²) in [5, 5.41) is 12.2. The van der Waals surface area contributed by atoms with Crippen LogP contribution in [0.3, 0.4) is 0 Å². The van der Waals surface area contributed by atoms with E-state index in [0.717, 1.165) is 11.3 Å². The van der Waals surface area contributed by atoms with Crippen LogP contribution in [0.25, 0.3) is 0 Å². The Bertz CT molecular complexity index is 439. The summed E-state index contributed by atoms with van der Waals surface area (Å²) in [6, 6.07) is 5.02. The van der Waals surface area contributed by atoms with Crippen molar-refractivity contribution in [3.8, 4) is 11.5 Å². The maximum Gasteiger partial charge on any atom is 0.320 e. The fourth-order valence-corrected chi connectivity index (χ4v) is 2.25. The van der Waals surface area contributed by atoms with Crippen molar-refractivity contribution in [3.63, 3.8) is 0 Å². The summed E-state index contributed by atoms with van der Waals surface area (Å²) >= 11 is 1.64. The number of carbonyl (C=O) groups is 1. The number of nitrogens with one attached hydrogen (secondary N) is 1. The molecular formula is C14H21NO4S.